The third kappa shape index (κ3) is 7.89. The molecule has 0 unspecified atom stereocenters. The largest absolute Gasteiger partial charge is 0.490 e. The topological polar surface area (TPSA) is 35.0 Å². The van der Waals surface area contributed by atoms with Gasteiger partial charge in [0.2, 0.25) is 0 Å². The van der Waals surface area contributed by atoms with Crippen LogP contribution in [0, 0.1) is 11.8 Å². The minimum atomic E-state index is 0.677. The van der Waals surface area contributed by atoms with Crippen LogP contribution in [-0.2, 0) is 6.42 Å². The molecule has 0 atom stereocenters. The van der Waals surface area contributed by atoms with Crippen molar-refractivity contribution in [2.24, 2.45) is 11.8 Å². The Kier molecular flexibility index (Phi) is 10.3. The Hall–Kier alpha value is -1.42. The number of aryl methyl sites for hydroxylation is 1. The lowest BCUT2D eigenvalue weighted by Gasteiger charge is -2.28. The molecule has 2 aromatic rings. The maximum absolute atomic E-state index is 6.04. The number of benzene rings is 1. The number of rotatable bonds is 12. The summed E-state index contributed by atoms with van der Waals surface area (Å²) in [7, 11) is 0. The van der Waals surface area contributed by atoms with Gasteiger partial charge in [0.25, 0.3) is 0 Å². The predicted molar refractivity (Wildman–Crippen MR) is 133 cm³/mol. The number of hydrogen-bond acceptors (Lipinski definition) is 3. The summed E-state index contributed by atoms with van der Waals surface area (Å²) in [5.41, 5.74) is 2.40. The molecule has 0 saturated heterocycles. The number of hydrogen-bond donors (Lipinski definition) is 0. The fraction of sp³-hybridized carbons (Fsp3) is 0.630. The van der Waals surface area contributed by atoms with Crippen molar-refractivity contribution in [1.82, 2.24) is 9.97 Å². The molecule has 1 aliphatic rings. The monoisotopic (exact) mass is 486 g/mol. The molecule has 0 aliphatic heterocycles. The average Bonchev–Trinajstić information content (AvgIpc) is 2.79. The molecule has 0 bridgehead atoms. The van der Waals surface area contributed by atoms with Gasteiger partial charge in [0, 0.05) is 10.0 Å². The summed E-state index contributed by atoms with van der Waals surface area (Å²) < 4.78 is 7.10. The SMILES string of the molecule is CCCCCc1ccc(-c2ncc(OCC3CCC(CCCCC)CC3)cn2)c(Br)c1. The Balaban J connectivity index is 1.45. The van der Waals surface area contributed by atoms with Crippen LogP contribution in [0.5, 0.6) is 5.75 Å². The van der Waals surface area contributed by atoms with E-state index in [0.29, 0.717) is 5.92 Å². The second-order valence-corrected chi connectivity index (χ2v) is 10.1. The molecule has 0 spiro atoms. The highest BCUT2D eigenvalue weighted by molar-refractivity contribution is 9.10. The number of unbranched alkanes of at least 4 members (excludes halogenated alkanes) is 4. The van der Waals surface area contributed by atoms with Crippen molar-refractivity contribution in [3.8, 4) is 17.1 Å². The van der Waals surface area contributed by atoms with Crippen molar-refractivity contribution >= 4 is 15.9 Å². The maximum atomic E-state index is 6.04. The highest BCUT2D eigenvalue weighted by Gasteiger charge is 2.21. The molecule has 1 aliphatic carbocycles. The zero-order chi connectivity index (χ0) is 21.9. The Bertz CT molecular complexity index is 769. The van der Waals surface area contributed by atoms with Gasteiger partial charge in [-0.15, -0.1) is 0 Å². The smallest absolute Gasteiger partial charge is 0.160 e. The number of ether oxygens (including phenoxy) is 1. The third-order valence-electron chi connectivity index (χ3n) is 6.64. The van der Waals surface area contributed by atoms with Gasteiger partial charge in [-0.1, -0.05) is 87.2 Å². The van der Waals surface area contributed by atoms with Gasteiger partial charge in [0.05, 0.1) is 19.0 Å². The van der Waals surface area contributed by atoms with Crippen molar-refractivity contribution in [3.05, 3.63) is 40.6 Å². The molecule has 1 heterocycles. The van der Waals surface area contributed by atoms with E-state index in [4.69, 9.17) is 4.74 Å². The minimum absolute atomic E-state index is 0.677. The van der Waals surface area contributed by atoms with E-state index >= 15 is 0 Å². The Morgan fingerprint density at radius 3 is 2.26 bits per heavy atom. The quantitative estimate of drug-likeness (QED) is 0.282. The van der Waals surface area contributed by atoms with Crippen LogP contribution in [-0.4, -0.2) is 16.6 Å². The summed E-state index contributed by atoms with van der Waals surface area (Å²) in [5, 5.41) is 0. The molecule has 170 valence electrons. The van der Waals surface area contributed by atoms with Gasteiger partial charge < -0.3 is 4.74 Å². The maximum Gasteiger partial charge on any atom is 0.160 e. The summed E-state index contributed by atoms with van der Waals surface area (Å²) in [6, 6.07) is 6.53. The second-order valence-electron chi connectivity index (χ2n) is 9.21. The van der Waals surface area contributed by atoms with E-state index in [1.54, 1.807) is 0 Å². The van der Waals surface area contributed by atoms with E-state index < -0.39 is 0 Å². The van der Waals surface area contributed by atoms with Crippen molar-refractivity contribution < 1.29 is 4.74 Å². The number of halogens is 1. The molecule has 0 N–H and O–H groups in total. The molecular weight excluding hydrogens is 448 g/mol. The van der Waals surface area contributed by atoms with Gasteiger partial charge in [0.15, 0.2) is 11.6 Å². The molecule has 1 aromatic heterocycles. The first kappa shape index (κ1) is 24.2. The lowest BCUT2D eigenvalue weighted by Crippen LogP contribution is -2.20. The van der Waals surface area contributed by atoms with Crippen LogP contribution in [0.25, 0.3) is 11.4 Å². The molecular formula is C27H39BrN2O. The van der Waals surface area contributed by atoms with Crippen molar-refractivity contribution in [2.75, 3.05) is 6.61 Å². The van der Waals surface area contributed by atoms with Crippen LogP contribution in [0.15, 0.2) is 35.1 Å². The van der Waals surface area contributed by atoms with E-state index in [-0.39, 0.29) is 0 Å². The second kappa shape index (κ2) is 13.2. The van der Waals surface area contributed by atoms with Crippen LogP contribution >= 0.6 is 15.9 Å². The Labute approximate surface area is 197 Å². The Morgan fingerprint density at radius 1 is 0.903 bits per heavy atom. The van der Waals surface area contributed by atoms with Crippen molar-refractivity contribution in [1.29, 1.82) is 0 Å². The zero-order valence-corrected chi connectivity index (χ0v) is 21.0. The van der Waals surface area contributed by atoms with Gasteiger partial charge in [0.1, 0.15) is 0 Å². The zero-order valence-electron chi connectivity index (χ0n) is 19.4. The van der Waals surface area contributed by atoms with E-state index in [1.807, 2.05) is 12.4 Å². The lowest BCUT2D eigenvalue weighted by atomic mass is 9.80. The van der Waals surface area contributed by atoms with Crippen molar-refractivity contribution in [2.45, 2.75) is 90.9 Å². The van der Waals surface area contributed by atoms with E-state index in [0.717, 1.165) is 40.6 Å². The normalized spacial score (nSPS) is 18.8. The fourth-order valence-corrected chi connectivity index (χ4v) is 5.19. The minimum Gasteiger partial charge on any atom is -0.490 e. The highest BCUT2D eigenvalue weighted by atomic mass is 79.9. The molecule has 0 radical (unpaired) electrons. The number of nitrogens with zero attached hydrogens (tertiary/aromatic N) is 2. The average molecular weight is 488 g/mol. The van der Waals surface area contributed by atoms with E-state index in [2.05, 4.69) is 57.9 Å². The van der Waals surface area contributed by atoms with Gasteiger partial charge >= 0.3 is 0 Å². The third-order valence-corrected chi connectivity index (χ3v) is 7.30. The molecule has 3 rings (SSSR count). The lowest BCUT2D eigenvalue weighted by molar-refractivity contribution is 0.177. The molecule has 1 aromatic carbocycles. The molecule has 0 amide bonds. The summed E-state index contributed by atoms with van der Waals surface area (Å²) in [5.74, 6) is 3.14. The first-order valence-electron chi connectivity index (χ1n) is 12.4. The first-order valence-corrected chi connectivity index (χ1v) is 13.2. The van der Waals surface area contributed by atoms with Crippen LogP contribution in [0.4, 0.5) is 0 Å². The van der Waals surface area contributed by atoms with Crippen LogP contribution < -0.4 is 4.74 Å². The summed E-state index contributed by atoms with van der Waals surface area (Å²) in [6.45, 7) is 5.32. The molecule has 1 saturated carbocycles. The van der Waals surface area contributed by atoms with Gasteiger partial charge in [-0.25, -0.2) is 9.97 Å². The summed E-state index contributed by atoms with van der Waals surface area (Å²) >= 11 is 3.71. The molecule has 1 fully saturated rings. The van der Waals surface area contributed by atoms with Crippen LogP contribution in [0.2, 0.25) is 0 Å². The first-order chi connectivity index (χ1) is 15.2. The molecule has 3 nitrogen and oxygen atoms in total. The van der Waals surface area contributed by atoms with E-state index in [9.17, 15) is 0 Å². The summed E-state index contributed by atoms with van der Waals surface area (Å²) in [6.07, 6.45) is 19.4. The van der Waals surface area contributed by atoms with Gasteiger partial charge in [-0.2, -0.15) is 0 Å². The standard InChI is InChI=1S/C27H39BrN2O/c1-3-5-7-9-21-11-13-23(14-12-21)20-31-24-18-29-27(30-19-24)25-16-15-22(17-26(25)28)10-8-6-4-2/h15-19,21,23H,3-14,20H2,1-2H3. The summed E-state index contributed by atoms with van der Waals surface area (Å²) in [4.78, 5) is 9.13. The number of aromatic nitrogens is 2. The van der Waals surface area contributed by atoms with Gasteiger partial charge in [-0.3, -0.25) is 0 Å². The van der Waals surface area contributed by atoms with Crippen LogP contribution in [0.3, 0.4) is 0 Å². The van der Waals surface area contributed by atoms with Crippen LogP contribution in [0.1, 0.15) is 90.0 Å². The van der Waals surface area contributed by atoms with E-state index in [1.165, 1.54) is 76.2 Å². The molecule has 4 heteroatoms. The Morgan fingerprint density at radius 2 is 1.58 bits per heavy atom. The fourth-order valence-electron chi connectivity index (χ4n) is 4.59. The van der Waals surface area contributed by atoms with Crippen molar-refractivity contribution in [3.63, 3.8) is 0 Å². The molecule has 31 heavy (non-hydrogen) atoms. The predicted octanol–water partition coefficient (Wildman–Crippen LogP) is 8.40. The van der Waals surface area contributed by atoms with Gasteiger partial charge in [-0.05, 0) is 55.2 Å². The highest BCUT2D eigenvalue weighted by Crippen LogP contribution is 2.32.